The molecule has 0 N–H and O–H groups in total. The normalized spacial score (nSPS) is 15.9. The lowest BCUT2D eigenvalue weighted by atomic mass is 10.2. The summed E-state index contributed by atoms with van der Waals surface area (Å²) >= 11 is 0. The van der Waals surface area contributed by atoms with Crippen LogP contribution in [0.2, 0.25) is 0 Å². The lowest BCUT2D eigenvalue weighted by Gasteiger charge is -2.34. The van der Waals surface area contributed by atoms with Crippen LogP contribution in [-0.2, 0) is 24.3 Å². The Morgan fingerprint density at radius 2 is 1.72 bits per heavy atom. The number of methoxy groups -OCH3 is 1. The summed E-state index contributed by atoms with van der Waals surface area (Å²) in [5.41, 5.74) is 1.60. The number of hydrogen-bond acceptors (Lipinski definition) is 5. The minimum absolute atomic E-state index is 0.0380. The topological polar surface area (TPSA) is 84.0 Å². The van der Waals surface area contributed by atoms with Crippen molar-refractivity contribution < 1.29 is 22.7 Å². The summed E-state index contributed by atoms with van der Waals surface area (Å²) in [6.07, 6.45) is 0.118. The van der Waals surface area contributed by atoms with Gasteiger partial charge in [0.2, 0.25) is 15.9 Å². The first kappa shape index (κ1) is 19.4. The van der Waals surface area contributed by atoms with Crippen LogP contribution in [0.1, 0.15) is 24.0 Å². The molecule has 1 aliphatic rings. The molecule has 1 aromatic carbocycles. The predicted molar refractivity (Wildman–Crippen MR) is 92.5 cm³/mol. The molecule has 1 aromatic rings. The molecular weight excluding hydrogens is 344 g/mol. The Morgan fingerprint density at radius 3 is 2.32 bits per heavy atom. The summed E-state index contributed by atoms with van der Waals surface area (Å²) in [5, 5.41) is 0. The Bertz CT molecular complexity index is 752. The van der Waals surface area contributed by atoms with E-state index in [2.05, 4.69) is 4.74 Å². The van der Waals surface area contributed by atoms with E-state index in [1.165, 1.54) is 11.4 Å². The molecule has 2 rings (SSSR count). The van der Waals surface area contributed by atoms with Crippen molar-refractivity contribution in [1.29, 1.82) is 0 Å². The molecule has 0 unspecified atom stereocenters. The highest BCUT2D eigenvalue weighted by molar-refractivity contribution is 7.89. The number of aryl methyl sites for hydroxylation is 2. The van der Waals surface area contributed by atoms with Crippen molar-refractivity contribution in [3.63, 3.8) is 0 Å². The molecule has 1 amide bonds. The number of piperazine rings is 1. The van der Waals surface area contributed by atoms with E-state index >= 15 is 0 Å². The number of benzene rings is 1. The van der Waals surface area contributed by atoms with E-state index in [1.807, 2.05) is 13.0 Å². The van der Waals surface area contributed by atoms with Gasteiger partial charge in [0.15, 0.2) is 0 Å². The summed E-state index contributed by atoms with van der Waals surface area (Å²) < 4.78 is 31.6. The lowest BCUT2D eigenvalue weighted by Crippen LogP contribution is -2.50. The van der Waals surface area contributed by atoms with Crippen molar-refractivity contribution in [3.8, 4) is 0 Å². The number of ether oxygens (including phenoxy) is 1. The number of sulfonamides is 1. The van der Waals surface area contributed by atoms with Crippen LogP contribution in [0, 0.1) is 13.8 Å². The van der Waals surface area contributed by atoms with Gasteiger partial charge in [0.05, 0.1) is 18.4 Å². The van der Waals surface area contributed by atoms with Crippen LogP contribution in [-0.4, -0.2) is 62.8 Å². The Kier molecular flexibility index (Phi) is 6.18. The summed E-state index contributed by atoms with van der Waals surface area (Å²) in [6.45, 7) is 4.78. The summed E-state index contributed by atoms with van der Waals surface area (Å²) in [7, 11) is -2.29. The Morgan fingerprint density at radius 1 is 1.08 bits per heavy atom. The van der Waals surface area contributed by atoms with E-state index in [4.69, 9.17) is 0 Å². The number of carbonyl (C=O) groups excluding carboxylic acids is 2. The van der Waals surface area contributed by atoms with Crippen LogP contribution in [0.3, 0.4) is 0 Å². The number of amides is 1. The zero-order chi connectivity index (χ0) is 18.6. The Hall–Kier alpha value is -1.93. The van der Waals surface area contributed by atoms with Gasteiger partial charge in [0, 0.05) is 32.6 Å². The first-order chi connectivity index (χ1) is 11.8. The minimum atomic E-state index is -3.57. The maximum Gasteiger partial charge on any atom is 0.306 e. The van der Waals surface area contributed by atoms with Crippen LogP contribution in [0.15, 0.2) is 23.1 Å². The minimum Gasteiger partial charge on any atom is -0.469 e. The molecule has 0 radical (unpaired) electrons. The monoisotopic (exact) mass is 368 g/mol. The average Bonchev–Trinajstić information content (AvgIpc) is 2.61. The second-order valence-electron chi connectivity index (χ2n) is 6.13. The van der Waals surface area contributed by atoms with E-state index in [9.17, 15) is 18.0 Å². The average molecular weight is 368 g/mol. The van der Waals surface area contributed by atoms with Gasteiger partial charge in [-0.2, -0.15) is 4.31 Å². The van der Waals surface area contributed by atoms with Gasteiger partial charge in [-0.15, -0.1) is 0 Å². The van der Waals surface area contributed by atoms with E-state index in [0.717, 1.165) is 5.56 Å². The van der Waals surface area contributed by atoms with Crippen LogP contribution in [0.4, 0.5) is 0 Å². The zero-order valence-corrected chi connectivity index (χ0v) is 15.6. The van der Waals surface area contributed by atoms with E-state index in [-0.39, 0.29) is 31.8 Å². The van der Waals surface area contributed by atoms with Crippen molar-refractivity contribution >= 4 is 21.9 Å². The number of nitrogens with zero attached hydrogens (tertiary/aromatic N) is 2. The standard InChI is InChI=1S/C17H24N2O5S/c1-13-4-5-14(2)15(12-13)25(22,23)19-10-8-18(9-11-19)16(20)6-7-17(21)24-3/h4-5,12H,6-11H2,1-3H3. The molecule has 1 heterocycles. The van der Waals surface area contributed by atoms with E-state index in [0.29, 0.717) is 23.5 Å². The molecule has 1 fully saturated rings. The first-order valence-corrected chi connectivity index (χ1v) is 9.61. The molecule has 0 aromatic heterocycles. The third kappa shape index (κ3) is 4.58. The molecule has 8 heteroatoms. The smallest absolute Gasteiger partial charge is 0.306 e. The van der Waals surface area contributed by atoms with Crippen LogP contribution >= 0.6 is 0 Å². The van der Waals surface area contributed by atoms with Crippen LogP contribution in [0.5, 0.6) is 0 Å². The molecule has 0 saturated carbocycles. The fraction of sp³-hybridized carbons (Fsp3) is 0.529. The van der Waals surface area contributed by atoms with Gasteiger partial charge in [0.1, 0.15) is 0 Å². The van der Waals surface area contributed by atoms with Crippen LogP contribution in [0.25, 0.3) is 0 Å². The molecule has 0 aliphatic carbocycles. The Labute approximate surface area is 148 Å². The fourth-order valence-electron chi connectivity index (χ4n) is 2.77. The lowest BCUT2D eigenvalue weighted by molar-refractivity contribution is -0.143. The molecule has 1 aliphatic heterocycles. The van der Waals surface area contributed by atoms with Crippen molar-refractivity contribution in [2.45, 2.75) is 31.6 Å². The zero-order valence-electron chi connectivity index (χ0n) is 14.8. The van der Waals surface area contributed by atoms with Gasteiger partial charge >= 0.3 is 5.97 Å². The molecule has 25 heavy (non-hydrogen) atoms. The maximum atomic E-state index is 12.9. The third-order valence-corrected chi connectivity index (χ3v) is 6.36. The van der Waals surface area contributed by atoms with Gasteiger partial charge in [-0.05, 0) is 31.0 Å². The summed E-state index contributed by atoms with van der Waals surface area (Å²) in [5.74, 6) is -0.585. The van der Waals surface area contributed by atoms with Crippen molar-refractivity contribution in [2.75, 3.05) is 33.3 Å². The SMILES string of the molecule is COC(=O)CCC(=O)N1CCN(S(=O)(=O)c2cc(C)ccc2C)CC1. The van der Waals surface area contributed by atoms with Crippen molar-refractivity contribution in [1.82, 2.24) is 9.21 Å². The van der Waals surface area contributed by atoms with Crippen molar-refractivity contribution in [2.24, 2.45) is 0 Å². The second kappa shape index (κ2) is 7.97. The molecule has 7 nitrogen and oxygen atoms in total. The third-order valence-electron chi connectivity index (χ3n) is 4.32. The van der Waals surface area contributed by atoms with Crippen LogP contribution < -0.4 is 0 Å². The number of rotatable bonds is 5. The van der Waals surface area contributed by atoms with E-state index in [1.54, 1.807) is 24.0 Å². The predicted octanol–water partition coefficient (Wildman–Crippen LogP) is 1.09. The summed E-state index contributed by atoms with van der Waals surface area (Å²) in [4.78, 5) is 25.1. The van der Waals surface area contributed by atoms with Gasteiger partial charge in [-0.25, -0.2) is 8.42 Å². The quantitative estimate of drug-likeness (QED) is 0.727. The number of hydrogen-bond donors (Lipinski definition) is 0. The highest BCUT2D eigenvalue weighted by Crippen LogP contribution is 2.22. The molecule has 0 atom stereocenters. The van der Waals surface area contributed by atoms with Gasteiger partial charge in [-0.1, -0.05) is 12.1 Å². The molecule has 1 saturated heterocycles. The molecule has 138 valence electrons. The summed E-state index contributed by atoms with van der Waals surface area (Å²) in [6, 6.07) is 5.36. The number of esters is 1. The van der Waals surface area contributed by atoms with Gasteiger partial charge < -0.3 is 9.64 Å². The fourth-order valence-corrected chi connectivity index (χ4v) is 4.50. The number of carbonyl (C=O) groups is 2. The van der Waals surface area contributed by atoms with E-state index < -0.39 is 16.0 Å². The largest absolute Gasteiger partial charge is 0.469 e. The highest BCUT2D eigenvalue weighted by atomic mass is 32.2. The van der Waals surface area contributed by atoms with Gasteiger partial charge in [-0.3, -0.25) is 9.59 Å². The molecule has 0 spiro atoms. The van der Waals surface area contributed by atoms with Crippen molar-refractivity contribution in [3.05, 3.63) is 29.3 Å². The Balaban J connectivity index is 2.00. The first-order valence-electron chi connectivity index (χ1n) is 8.17. The maximum absolute atomic E-state index is 12.9. The molecule has 0 bridgehead atoms. The molecular formula is C17H24N2O5S. The second-order valence-corrected chi connectivity index (χ2v) is 8.04. The highest BCUT2D eigenvalue weighted by Gasteiger charge is 2.31. The van der Waals surface area contributed by atoms with Gasteiger partial charge in [0.25, 0.3) is 0 Å².